The van der Waals surface area contributed by atoms with Crippen LogP contribution < -0.4 is 5.73 Å². The van der Waals surface area contributed by atoms with E-state index in [4.69, 9.17) is 5.73 Å². The van der Waals surface area contributed by atoms with Crippen molar-refractivity contribution in [3.05, 3.63) is 11.9 Å². The molecule has 0 saturated carbocycles. The molecule has 0 spiro atoms. The van der Waals surface area contributed by atoms with Crippen LogP contribution in [0.25, 0.3) is 0 Å². The fourth-order valence-electron chi connectivity index (χ4n) is 1.83. The van der Waals surface area contributed by atoms with Gasteiger partial charge in [-0.25, -0.2) is 9.97 Å². The number of aromatic nitrogens is 2. The first-order chi connectivity index (χ1) is 8.72. The van der Waals surface area contributed by atoms with E-state index in [1.165, 1.54) is 0 Å². The van der Waals surface area contributed by atoms with Gasteiger partial charge < -0.3 is 10.6 Å². The molecule has 0 unspecified atom stereocenters. The van der Waals surface area contributed by atoms with Crippen molar-refractivity contribution in [2.45, 2.75) is 38.6 Å². The highest BCUT2D eigenvalue weighted by Crippen LogP contribution is 2.24. The Bertz CT molecular complexity index is 353. The molecule has 1 rings (SSSR count). The summed E-state index contributed by atoms with van der Waals surface area (Å²) in [7, 11) is 0. The molecule has 0 fully saturated rings. The van der Waals surface area contributed by atoms with Gasteiger partial charge in [0.25, 0.3) is 0 Å². The molecule has 0 saturated heterocycles. The summed E-state index contributed by atoms with van der Waals surface area (Å²) in [4.78, 5) is 10.9. The zero-order valence-corrected chi connectivity index (χ0v) is 12.5. The van der Waals surface area contributed by atoms with Crippen LogP contribution in [0.1, 0.15) is 32.8 Å². The maximum absolute atomic E-state index is 5.92. The molecule has 0 bridgehead atoms. The topological polar surface area (TPSA) is 55.0 Å². The third-order valence-corrected chi connectivity index (χ3v) is 3.99. The number of nitrogen functional groups attached to an aromatic ring is 1. The molecule has 0 amide bonds. The third kappa shape index (κ3) is 4.46. The molecule has 18 heavy (non-hydrogen) atoms. The van der Waals surface area contributed by atoms with Gasteiger partial charge in [0.1, 0.15) is 17.2 Å². The summed E-state index contributed by atoms with van der Waals surface area (Å²) in [5.41, 5.74) is 7.03. The van der Waals surface area contributed by atoms with Crippen molar-refractivity contribution in [1.29, 1.82) is 0 Å². The lowest BCUT2D eigenvalue weighted by Crippen LogP contribution is -2.25. The van der Waals surface area contributed by atoms with Gasteiger partial charge in [0, 0.05) is 17.9 Å². The van der Waals surface area contributed by atoms with Crippen LogP contribution in [0.4, 0.5) is 5.82 Å². The van der Waals surface area contributed by atoms with Crippen molar-refractivity contribution in [3.8, 4) is 0 Å². The van der Waals surface area contributed by atoms with Crippen molar-refractivity contribution < 1.29 is 0 Å². The molecule has 1 aromatic heterocycles. The lowest BCUT2D eigenvalue weighted by atomic mass is 10.2. The minimum atomic E-state index is 0.636. The van der Waals surface area contributed by atoms with Crippen LogP contribution in [0.5, 0.6) is 0 Å². The van der Waals surface area contributed by atoms with Crippen LogP contribution in [-0.2, 0) is 6.42 Å². The monoisotopic (exact) mass is 268 g/mol. The summed E-state index contributed by atoms with van der Waals surface area (Å²) in [6.07, 6.45) is 3.59. The van der Waals surface area contributed by atoms with Crippen molar-refractivity contribution in [1.82, 2.24) is 14.9 Å². The highest BCUT2D eigenvalue weighted by atomic mass is 32.2. The number of nitrogens with two attached hydrogens (primary N) is 1. The predicted octanol–water partition coefficient (Wildman–Crippen LogP) is 2.45. The Kier molecular flexibility index (Phi) is 7.05. The molecule has 1 aromatic rings. The quantitative estimate of drug-likeness (QED) is 0.580. The summed E-state index contributed by atoms with van der Waals surface area (Å²) < 4.78 is 0. The van der Waals surface area contributed by atoms with Gasteiger partial charge in [-0.2, -0.15) is 0 Å². The Hall–Kier alpha value is -0.810. The summed E-state index contributed by atoms with van der Waals surface area (Å²) in [6, 6.07) is 0. The Morgan fingerprint density at radius 2 is 1.94 bits per heavy atom. The molecule has 2 N–H and O–H groups in total. The number of anilines is 1. The Morgan fingerprint density at radius 1 is 1.22 bits per heavy atom. The molecular weight excluding hydrogens is 244 g/mol. The normalized spacial score (nSPS) is 11.1. The lowest BCUT2D eigenvalue weighted by Gasteiger charge is -2.17. The highest BCUT2D eigenvalue weighted by molar-refractivity contribution is 7.99. The van der Waals surface area contributed by atoms with Crippen molar-refractivity contribution in [2.75, 3.05) is 31.1 Å². The Labute approximate surface area is 114 Å². The fourth-order valence-corrected chi connectivity index (χ4v) is 2.87. The average molecular weight is 268 g/mol. The maximum Gasteiger partial charge on any atom is 0.131 e. The molecule has 0 aliphatic heterocycles. The van der Waals surface area contributed by atoms with E-state index in [0.717, 1.165) is 48.8 Å². The van der Waals surface area contributed by atoms with E-state index in [0.29, 0.717) is 5.82 Å². The maximum atomic E-state index is 5.92. The van der Waals surface area contributed by atoms with Crippen LogP contribution in [0, 0.1) is 0 Å². The summed E-state index contributed by atoms with van der Waals surface area (Å²) >= 11 is 1.79. The van der Waals surface area contributed by atoms with E-state index in [-0.39, 0.29) is 0 Å². The number of rotatable bonds is 8. The van der Waals surface area contributed by atoms with E-state index >= 15 is 0 Å². The van der Waals surface area contributed by atoms with Crippen molar-refractivity contribution in [2.24, 2.45) is 0 Å². The Morgan fingerprint density at radius 3 is 2.56 bits per heavy atom. The molecule has 4 nitrogen and oxygen atoms in total. The third-order valence-electron chi connectivity index (χ3n) is 2.98. The molecular formula is C13H24N4S. The standard InChI is InChI=1S/C13H24N4S/c1-4-7-11-12(14)15-10-16-13(11)18-9-8-17(5-2)6-3/h10H,4-9H2,1-3H3,(H2,14,15,16). The van der Waals surface area contributed by atoms with Gasteiger partial charge in [-0.1, -0.05) is 27.2 Å². The molecule has 0 aromatic carbocycles. The SMILES string of the molecule is CCCc1c(N)ncnc1SCCN(CC)CC. The van der Waals surface area contributed by atoms with E-state index in [2.05, 4.69) is 35.6 Å². The fraction of sp³-hybridized carbons (Fsp3) is 0.692. The molecule has 102 valence electrons. The molecule has 1 heterocycles. The van der Waals surface area contributed by atoms with Gasteiger partial charge >= 0.3 is 0 Å². The first-order valence-corrected chi connectivity index (χ1v) is 7.65. The molecule has 0 radical (unpaired) electrons. The number of nitrogens with zero attached hydrogens (tertiary/aromatic N) is 3. The molecule has 0 aliphatic rings. The molecule has 5 heteroatoms. The van der Waals surface area contributed by atoms with Gasteiger partial charge in [0.15, 0.2) is 0 Å². The van der Waals surface area contributed by atoms with Crippen LogP contribution in [0.15, 0.2) is 11.4 Å². The van der Waals surface area contributed by atoms with Gasteiger partial charge in [-0.05, 0) is 19.5 Å². The predicted molar refractivity (Wildman–Crippen MR) is 79.0 cm³/mol. The van der Waals surface area contributed by atoms with E-state index in [9.17, 15) is 0 Å². The molecule has 0 atom stereocenters. The average Bonchev–Trinajstić information content (AvgIpc) is 2.38. The summed E-state index contributed by atoms with van der Waals surface area (Å²) in [5, 5.41) is 1.05. The Balaban J connectivity index is 2.58. The van der Waals surface area contributed by atoms with E-state index in [1.807, 2.05) is 0 Å². The van der Waals surface area contributed by atoms with Crippen molar-refractivity contribution >= 4 is 17.6 Å². The van der Waals surface area contributed by atoms with Crippen LogP contribution in [-0.4, -0.2) is 40.3 Å². The summed E-state index contributed by atoms with van der Waals surface area (Å²) in [6.45, 7) is 9.83. The number of hydrogen-bond acceptors (Lipinski definition) is 5. The first-order valence-electron chi connectivity index (χ1n) is 6.67. The smallest absolute Gasteiger partial charge is 0.131 e. The number of hydrogen-bond donors (Lipinski definition) is 1. The second-order valence-electron chi connectivity index (χ2n) is 4.17. The second kappa shape index (κ2) is 8.32. The minimum absolute atomic E-state index is 0.636. The number of thioether (sulfide) groups is 1. The van der Waals surface area contributed by atoms with E-state index in [1.54, 1.807) is 18.1 Å². The zero-order chi connectivity index (χ0) is 13.4. The lowest BCUT2D eigenvalue weighted by molar-refractivity contribution is 0.324. The largest absolute Gasteiger partial charge is 0.383 e. The van der Waals surface area contributed by atoms with Gasteiger partial charge in [0.2, 0.25) is 0 Å². The van der Waals surface area contributed by atoms with Crippen LogP contribution in [0.3, 0.4) is 0 Å². The molecule has 0 aliphatic carbocycles. The summed E-state index contributed by atoms with van der Waals surface area (Å²) in [5.74, 6) is 1.69. The first kappa shape index (κ1) is 15.2. The van der Waals surface area contributed by atoms with Gasteiger partial charge in [-0.3, -0.25) is 0 Å². The van der Waals surface area contributed by atoms with Crippen molar-refractivity contribution in [3.63, 3.8) is 0 Å². The van der Waals surface area contributed by atoms with Gasteiger partial charge in [0.05, 0.1) is 0 Å². The van der Waals surface area contributed by atoms with Gasteiger partial charge in [-0.15, -0.1) is 11.8 Å². The second-order valence-corrected chi connectivity index (χ2v) is 5.25. The van der Waals surface area contributed by atoms with Crippen LogP contribution >= 0.6 is 11.8 Å². The highest BCUT2D eigenvalue weighted by Gasteiger charge is 2.09. The van der Waals surface area contributed by atoms with E-state index < -0.39 is 0 Å². The zero-order valence-electron chi connectivity index (χ0n) is 11.6. The minimum Gasteiger partial charge on any atom is -0.383 e. The van der Waals surface area contributed by atoms with Crippen LogP contribution in [0.2, 0.25) is 0 Å².